The molecule has 0 radical (unpaired) electrons. The summed E-state index contributed by atoms with van der Waals surface area (Å²) < 4.78 is 0. The molecule has 0 saturated carbocycles. The van der Waals surface area contributed by atoms with Crippen LogP contribution in [0, 0.1) is 13.8 Å². The Morgan fingerprint density at radius 1 is 1.18 bits per heavy atom. The molecule has 0 atom stereocenters. The SMILES string of the molecule is Cc1ccc(NCC(=O)NN=Cc2cccc(C)c2O)cc1. The second-order valence-electron chi connectivity index (χ2n) is 5.03. The zero-order valence-electron chi connectivity index (χ0n) is 12.6. The number of hydrogen-bond donors (Lipinski definition) is 3. The minimum Gasteiger partial charge on any atom is -0.507 e. The molecule has 2 rings (SSSR count). The van der Waals surface area contributed by atoms with Gasteiger partial charge in [0, 0.05) is 11.3 Å². The van der Waals surface area contributed by atoms with Gasteiger partial charge < -0.3 is 10.4 Å². The number of rotatable bonds is 5. The Bertz CT molecular complexity index is 679. The normalized spacial score (nSPS) is 10.6. The number of phenols is 1. The molecule has 0 bridgehead atoms. The van der Waals surface area contributed by atoms with E-state index in [-0.39, 0.29) is 18.2 Å². The van der Waals surface area contributed by atoms with Crippen LogP contribution in [0.1, 0.15) is 16.7 Å². The lowest BCUT2D eigenvalue weighted by Gasteiger charge is -2.05. The van der Waals surface area contributed by atoms with Crippen molar-refractivity contribution in [3.05, 3.63) is 59.2 Å². The fourth-order valence-corrected chi connectivity index (χ4v) is 1.85. The van der Waals surface area contributed by atoms with Crippen LogP contribution in [-0.2, 0) is 4.79 Å². The van der Waals surface area contributed by atoms with Gasteiger partial charge in [-0.05, 0) is 37.6 Å². The third-order valence-corrected chi connectivity index (χ3v) is 3.17. The molecule has 2 aromatic rings. The standard InChI is InChI=1S/C17H19N3O2/c1-12-6-8-15(9-7-12)18-11-16(21)20-19-10-14-5-3-4-13(2)17(14)22/h3-10,18,22H,11H2,1-2H3,(H,20,21). The van der Waals surface area contributed by atoms with E-state index in [1.807, 2.05) is 37.3 Å². The van der Waals surface area contributed by atoms with Crippen LogP contribution < -0.4 is 10.7 Å². The summed E-state index contributed by atoms with van der Waals surface area (Å²) in [6, 6.07) is 13.1. The number of benzene rings is 2. The number of nitrogens with one attached hydrogen (secondary N) is 2. The van der Waals surface area contributed by atoms with Crippen molar-refractivity contribution in [3.8, 4) is 5.75 Å². The molecule has 114 valence electrons. The highest BCUT2D eigenvalue weighted by molar-refractivity contribution is 5.86. The molecule has 0 aliphatic carbocycles. The fraction of sp³-hybridized carbons (Fsp3) is 0.176. The Labute approximate surface area is 129 Å². The van der Waals surface area contributed by atoms with Crippen LogP contribution in [0.5, 0.6) is 5.75 Å². The minimum absolute atomic E-state index is 0.125. The zero-order chi connectivity index (χ0) is 15.9. The number of hydrogen-bond acceptors (Lipinski definition) is 4. The van der Waals surface area contributed by atoms with E-state index in [0.29, 0.717) is 5.56 Å². The number of aromatic hydroxyl groups is 1. The number of para-hydroxylation sites is 1. The summed E-state index contributed by atoms with van der Waals surface area (Å²) in [5.74, 6) is -0.0951. The van der Waals surface area contributed by atoms with Crippen LogP contribution in [0.2, 0.25) is 0 Å². The van der Waals surface area contributed by atoms with Gasteiger partial charge in [0.05, 0.1) is 12.8 Å². The topological polar surface area (TPSA) is 73.7 Å². The van der Waals surface area contributed by atoms with Crippen molar-refractivity contribution >= 4 is 17.8 Å². The summed E-state index contributed by atoms with van der Waals surface area (Å²) in [6.07, 6.45) is 1.42. The summed E-state index contributed by atoms with van der Waals surface area (Å²) >= 11 is 0. The van der Waals surface area contributed by atoms with Gasteiger partial charge in [0.2, 0.25) is 0 Å². The monoisotopic (exact) mass is 297 g/mol. The number of carbonyl (C=O) groups is 1. The number of carbonyl (C=O) groups excluding carboxylic acids is 1. The maximum Gasteiger partial charge on any atom is 0.259 e. The summed E-state index contributed by atoms with van der Waals surface area (Å²) in [5, 5.41) is 16.7. The van der Waals surface area contributed by atoms with E-state index in [9.17, 15) is 9.90 Å². The van der Waals surface area contributed by atoms with E-state index >= 15 is 0 Å². The number of aryl methyl sites for hydroxylation is 2. The third kappa shape index (κ3) is 4.34. The van der Waals surface area contributed by atoms with Crippen molar-refractivity contribution in [2.24, 2.45) is 5.10 Å². The van der Waals surface area contributed by atoms with Crippen LogP contribution in [0.3, 0.4) is 0 Å². The quantitative estimate of drug-likeness (QED) is 0.586. The number of anilines is 1. The van der Waals surface area contributed by atoms with Crippen LogP contribution >= 0.6 is 0 Å². The van der Waals surface area contributed by atoms with Crippen LogP contribution in [-0.4, -0.2) is 23.8 Å². The Balaban J connectivity index is 1.83. The van der Waals surface area contributed by atoms with Gasteiger partial charge in [-0.3, -0.25) is 4.79 Å². The first kappa shape index (κ1) is 15.6. The predicted octanol–water partition coefficient (Wildman–Crippen LogP) is 2.57. The lowest BCUT2D eigenvalue weighted by Crippen LogP contribution is -2.25. The summed E-state index contributed by atoms with van der Waals surface area (Å²) in [6.45, 7) is 3.93. The highest BCUT2D eigenvalue weighted by atomic mass is 16.3. The molecule has 5 heteroatoms. The molecule has 0 aliphatic rings. The molecule has 0 fully saturated rings. The molecule has 0 heterocycles. The zero-order valence-corrected chi connectivity index (χ0v) is 12.6. The Hall–Kier alpha value is -2.82. The van der Waals surface area contributed by atoms with E-state index in [2.05, 4.69) is 15.8 Å². The molecule has 0 aliphatic heterocycles. The molecule has 5 nitrogen and oxygen atoms in total. The van der Waals surface area contributed by atoms with Gasteiger partial charge in [0.15, 0.2) is 0 Å². The van der Waals surface area contributed by atoms with Crippen molar-refractivity contribution in [3.63, 3.8) is 0 Å². The molecule has 0 unspecified atom stereocenters. The molecular weight excluding hydrogens is 278 g/mol. The molecule has 2 aromatic carbocycles. The molecule has 22 heavy (non-hydrogen) atoms. The van der Waals surface area contributed by atoms with E-state index < -0.39 is 0 Å². The van der Waals surface area contributed by atoms with Crippen molar-refractivity contribution in [1.29, 1.82) is 0 Å². The van der Waals surface area contributed by atoms with Crippen LogP contribution in [0.4, 0.5) is 5.69 Å². The summed E-state index contributed by atoms with van der Waals surface area (Å²) in [5.41, 5.74) is 5.78. The Morgan fingerprint density at radius 2 is 1.91 bits per heavy atom. The molecule has 1 amide bonds. The maximum absolute atomic E-state index is 11.7. The first-order valence-electron chi connectivity index (χ1n) is 6.97. The largest absolute Gasteiger partial charge is 0.507 e. The van der Waals surface area contributed by atoms with Crippen molar-refractivity contribution < 1.29 is 9.90 Å². The number of hydrazone groups is 1. The van der Waals surface area contributed by atoms with Gasteiger partial charge in [-0.15, -0.1) is 0 Å². The Morgan fingerprint density at radius 3 is 2.64 bits per heavy atom. The van der Waals surface area contributed by atoms with Gasteiger partial charge in [0.1, 0.15) is 5.75 Å². The van der Waals surface area contributed by atoms with E-state index in [0.717, 1.165) is 16.8 Å². The molecule has 3 N–H and O–H groups in total. The lowest BCUT2D eigenvalue weighted by atomic mass is 10.1. The minimum atomic E-state index is -0.260. The lowest BCUT2D eigenvalue weighted by molar-refractivity contribution is -0.119. The molecular formula is C17H19N3O2. The first-order valence-corrected chi connectivity index (χ1v) is 6.97. The van der Waals surface area contributed by atoms with Crippen LogP contribution in [0.25, 0.3) is 0 Å². The van der Waals surface area contributed by atoms with E-state index in [1.165, 1.54) is 6.21 Å². The Kier molecular flexibility index (Phi) is 5.14. The number of nitrogens with zero attached hydrogens (tertiary/aromatic N) is 1. The number of amides is 1. The second-order valence-corrected chi connectivity index (χ2v) is 5.03. The predicted molar refractivity (Wildman–Crippen MR) is 88.2 cm³/mol. The molecule has 0 spiro atoms. The maximum atomic E-state index is 11.7. The van der Waals surface area contributed by atoms with Gasteiger partial charge in [0.25, 0.3) is 5.91 Å². The smallest absolute Gasteiger partial charge is 0.259 e. The second kappa shape index (κ2) is 7.26. The fourth-order valence-electron chi connectivity index (χ4n) is 1.85. The van der Waals surface area contributed by atoms with E-state index in [1.54, 1.807) is 19.1 Å². The molecule has 0 aromatic heterocycles. The number of phenolic OH excluding ortho intramolecular Hbond substituents is 1. The van der Waals surface area contributed by atoms with E-state index in [4.69, 9.17) is 0 Å². The van der Waals surface area contributed by atoms with Gasteiger partial charge in [-0.2, -0.15) is 5.10 Å². The average Bonchev–Trinajstić information content (AvgIpc) is 2.51. The van der Waals surface area contributed by atoms with Crippen molar-refractivity contribution in [1.82, 2.24) is 5.43 Å². The van der Waals surface area contributed by atoms with Crippen molar-refractivity contribution in [2.45, 2.75) is 13.8 Å². The third-order valence-electron chi connectivity index (χ3n) is 3.17. The summed E-state index contributed by atoms with van der Waals surface area (Å²) in [4.78, 5) is 11.7. The van der Waals surface area contributed by atoms with Gasteiger partial charge in [-0.25, -0.2) is 5.43 Å². The average molecular weight is 297 g/mol. The molecule has 0 saturated heterocycles. The van der Waals surface area contributed by atoms with Gasteiger partial charge in [-0.1, -0.05) is 29.8 Å². The first-order chi connectivity index (χ1) is 10.6. The summed E-state index contributed by atoms with van der Waals surface area (Å²) in [7, 11) is 0. The van der Waals surface area contributed by atoms with Gasteiger partial charge >= 0.3 is 0 Å². The highest BCUT2D eigenvalue weighted by Gasteiger charge is 2.02. The van der Waals surface area contributed by atoms with Crippen molar-refractivity contribution in [2.75, 3.05) is 11.9 Å². The highest BCUT2D eigenvalue weighted by Crippen LogP contribution is 2.19. The van der Waals surface area contributed by atoms with Crippen LogP contribution in [0.15, 0.2) is 47.6 Å².